The van der Waals surface area contributed by atoms with Crippen LogP contribution in [0.3, 0.4) is 0 Å². The maximum absolute atomic E-state index is 6.02. The number of hydrogen-bond donors (Lipinski definition) is 1. The smallest absolute Gasteiger partial charge is 0.122 e. The second kappa shape index (κ2) is 7.69. The summed E-state index contributed by atoms with van der Waals surface area (Å²) >= 11 is 7.64. The van der Waals surface area contributed by atoms with Gasteiger partial charge in [-0.15, -0.1) is 11.3 Å². The molecule has 5 heteroatoms. The zero-order valence-corrected chi connectivity index (χ0v) is 14.1. The molecule has 0 fully saturated rings. The first-order chi connectivity index (χ1) is 10.2. The topological polar surface area (TPSA) is 30.5 Å². The molecule has 1 atom stereocenters. The average Bonchev–Trinajstić information content (AvgIpc) is 2.91. The van der Waals surface area contributed by atoms with Crippen LogP contribution >= 0.6 is 22.9 Å². The zero-order valence-electron chi connectivity index (χ0n) is 12.5. The minimum Gasteiger partial charge on any atom is -0.497 e. The Morgan fingerprint density at radius 3 is 2.29 bits per heavy atom. The fourth-order valence-corrected chi connectivity index (χ4v) is 3.38. The average molecular weight is 326 g/mol. The molecule has 0 spiro atoms. The summed E-state index contributed by atoms with van der Waals surface area (Å²) in [7, 11) is 3.33. The van der Waals surface area contributed by atoms with E-state index in [2.05, 4.69) is 18.3 Å². The molecule has 0 aliphatic rings. The fraction of sp³-hybridized carbons (Fsp3) is 0.375. The lowest BCUT2D eigenvalue weighted by molar-refractivity contribution is 0.391. The summed E-state index contributed by atoms with van der Waals surface area (Å²) in [4.78, 5) is 1.26. The summed E-state index contributed by atoms with van der Waals surface area (Å²) in [5, 5.41) is 3.51. The third kappa shape index (κ3) is 4.37. The predicted molar refractivity (Wildman–Crippen MR) is 89.0 cm³/mol. The molecule has 3 nitrogen and oxygen atoms in total. The van der Waals surface area contributed by atoms with Crippen LogP contribution in [0.1, 0.15) is 23.4 Å². The second-order valence-electron chi connectivity index (χ2n) is 4.67. The molecule has 0 aliphatic carbocycles. The first kappa shape index (κ1) is 16.1. The van der Waals surface area contributed by atoms with E-state index in [9.17, 15) is 0 Å². The summed E-state index contributed by atoms with van der Waals surface area (Å²) in [6, 6.07) is 10.2. The van der Waals surface area contributed by atoms with Gasteiger partial charge >= 0.3 is 0 Å². The van der Waals surface area contributed by atoms with Crippen molar-refractivity contribution in [3.8, 4) is 11.5 Å². The summed E-state index contributed by atoms with van der Waals surface area (Å²) in [5.74, 6) is 1.60. The van der Waals surface area contributed by atoms with E-state index in [1.165, 1.54) is 4.88 Å². The quantitative estimate of drug-likeness (QED) is 0.822. The Labute approximate surface area is 134 Å². The lowest BCUT2D eigenvalue weighted by Crippen LogP contribution is -2.22. The molecule has 114 valence electrons. The minimum atomic E-state index is 0.203. The van der Waals surface area contributed by atoms with Crippen LogP contribution in [0.2, 0.25) is 4.34 Å². The van der Waals surface area contributed by atoms with Crippen molar-refractivity contribution in [3.63, 3.8) is 0 Å². The van der Waals surface area contributed by atoms with E-state index in [0.29, 0.717) is 0 Å². The molecule has 0 aliphatic heterocycles. The highest BCUT2D eigenvalue weighted by atomic mass is 35.5. The standard InChI is InChI=1S/C16H20ClNO2S/c1-4-18-15(10-14-5-6-16(17)21-14)11-7-12(19-2)9-13(8-11)20-3/h5-9,15,18H,4,10H2,1-3H3. The van der Waals surface area contributed by atoms with Crippen LogP contribution in [0.4, 0.5) is 0 Å². The van der Waals surface area contributed by atoms with Gasteiger partial charge in [0.1, 0.15) is 11.5 Å². The fourth-order valence-electron chi connectivity index (χ4n) is 2.25. The molecule has 1 aromatic carbocycles. The Hall–Kier alpha value is -1.23. The number of rotatable bonds is 7. The van der Waals surface area contributed by atoms with E-state index >= 15 is 0 Å². The highest BCUT2D eigenvalue weighted by molar-refractivity contribution is 7.16. The van der Waals surface area contributed by atoms with Gasteiger partial charge in [-0.1, -0.05) is 18.5 Å². The SMILES string of the molecule is CCNC(Cc1ccc(Cl)s1)c1cc(OC)cc(OC)c1. The number of likely N-dealkylation sites (N-methyl/N-ethyl adjacent to an activating group) is 1. The summed E-state index contributed by atoms with van der Waals surface area (Å²) in [6.07, 6.45) is 0.890. The van der Waals surface area contributed by atoms with Crippen molar-refractivity contribution in [2.24, 2.45) is 0 Å². The molecule has 1 aromatic heterocycles. The number of thiophene rings is 1. The van der Waals surface area contributed by atoms with Crippen LogP contribution in [0.15, 0.2) is 30.3 Å². The molecule has 0 bridgehead atoms. The monoisotopic (exact) mass is 325 g/mol. The molecule has 0 saturated carbocycles. The lowest BCUT2D eigenvalue weighted by atomic mass is 10.0. The van der Waals surface area contributed by atoms with Crippen LogP contribution in [0.25, 0.3) is 0 Å². The second-order valence-corrected chi connectivity index (χ2v) is 6.47. The minimum absolute atomic E-state index is 0.203. The highest BCUT2D eigenvalue weighted by Gasteiger charge is 2.15. The molecule has 1 N–H and O–H groups in total. The summed E-state index contributed by atoms with van der Waals surface area (Å²) in [5.41, 5.74) is 1.15. The Balaban J connectivity index is 2.28. The van der Waals surface area contributed by atoms with Crippen LogP contribution in [-0.4, -0.2) is 20.8 Å². The van der Waals surface area contributed by atoms with Gasteiger partial charge in [-0.3, -0.25) is 0 Å². The first-order valence-electron chi connectivity index (χ1n) is 6.86. The van der Waals surface area contributed by atoms with Gasteiger partial charge < -0.3 is 14.8 Å². The zero-order chi connectivity index (χ0) is 15.2. The third-order valence-electron chi connectivity index (χ3n) is 3.26. The number of nitrogens with one attached hydrogen (secondary N) is 1. The maximum Gasteiger partial charge on any atom is 0.122 e. The van der Waals surface area contributed by atoms with E-state index in [-0.39, 0.29) is 6.04 Å². The van der Waals surface area contributed by atoms with E-state index in [1.807, 2.05) is 24.3 Å². The van der Waals surface area contributed by atoms with Crippen molar-refractivity contribution in [3.05, 3.63) is 45.1 Å². The molecule has 1 unspecified atom stereocenters. The van der Waals surface area contributed by atoms with Crippen molar-refractivity contribution in [1.29, 1.82) is 0 Å². The van der Waals surface area contributed by atoms with Gasteiger partial charge in [-0.25, -0.2) is 0 Å². The highest BCUT2D eigenvalue weighted by Crippen LogP contribution is 2.30. The Kier molecular flexibility index (Phi) is 5.91. The molecule has 0 amide bonds. The summed E-state index contributed by atoms with van der Waals surface area (Å²) in [6.45, 7) is 3.00. The van der Waals surface area contributed by atoms with Gasteiger partial charge in [-0.05, 0) is 36.4 Å². The third-order valence-corrected chi connectivity index (χ3v) is 4.51. The Morgan fingerprint density at radius 1 is 1.14 bits per heavy atom. The predicted octanol–water partition coefficient (Wildman–Crippen LogP) is 4.31. The normalized spacial score (nSPS) is 12.2. The largest absolute Gasteiger partial charge is 0.497 e. The lowest BCUT2D eigenvalue weighted by Gasteiger charge is -2.19. The van der Waals surface area contributed by atoms with Crippen molar-refractivity contribution in [2.45, 2.75) is 19.4 Å². The number of hydrogen-bond acceptors (Lipinski definition) is 4. The molecule has 0 radical (unpaired) electrons. The van der Waals surface area contributed by atoms with Crippen molar-refractivity contribution in [1.82, 2.24) is 5.32 Å². The summed E-state index contributed by atoms with van der Waals surface area (Å²) < 4.78 is 11.5. The van der Waals surface area contributed by atoms with Crippen LogP contribution in [0.5, 0.6) is 11.5 Å². The van der Waals surface area contributed by atoms with Crippen LogP contribution < -0.4 is 14.8 Å². The Bertz CT molecular complexity index is 563. The van der Waals surface area contributed by atoms with Gasteiger partial charge in [-0.2, -0.15) is 0 Å². The van der Waals surface area contributed by atoms with Crippen molar-refractivity contribution in [2.75, 3.05) is 20.8 Å². The van der Waals surface area contributed by atoms with Crippen molar-refractivity contribution < 1.29 is 9.47 Å². The molecule has 2 rings (SSSR count). The number of methoxy groups -OCH3 is 2. The molecular weight excluding hydrogens is 306 g/mol. The van der Waals surface area contributed by atoms with Crippen LogP contribution in [-0.2, 0) is 6.42 Å². The van der Waals surface area contributed by atoms with E-state index in [0.717, 1.165) is 34.4 Å². The van der Waals surface area contributed by atoms with Gasteiger partial charge in [0.2, 0.25) is 0 Å². The van der Waals surface area contributed by atoms with Gasteiger partial charge in [0, 0.05) is 23.4 Å². The van der Waals surface area contributed by atoms with E-state index in [4.69, 9.17) is 21.1 Å². The number of benzene rings is 1. The Morgan fingerprint density at radius 2 is 1.81 bits per heavy atom. The molecule has 21 heavy (non-hydrogen) atoms. The van der Waals surface area contributed by atoms with Gasteiger partial charge in [0.25, 0.3) is 0 Å². The molecule has 2 aromatic rings. The van der Waals surface area contributed by atoms with E-state index in [1.54, 1.807) is 25.6 Å². The van der Waals surface area contributed by atoms with Crippen molar-refractivity contribution >= 4 is 22.9 Å². The number of halogens is 1. The molecule has 1 heterocycles. The van der Waals surface area contributed by atoms with Crippen LogP contribution in [0, 0.1) is 0 Å². The molecule has 0 saturated heterocycles. The first-order valence-corrected chi connectivity index (χ1v) is 8.06. The maximum atomic E-state index is 6.02. The van der Waals surface area contributed by atoms with Gasteiger partial charge in [0.05, 0.1) is 18.6 Å². The number of ether oxygens (including phenoxy) is 2. The van der Waals surface area contributed by atoms with Gasteiger partial charge in [0.15, 0.2) is 0 Å². The van der Waals surface area contributed by atoms with E-state index < -0.39 is 0 Å². The molecular formula is C16H20ClNO2S.